The first-order chi connectivity index (χ1) is 38.0. The zero-order chi connectivity index (χ0) is 55.7. The van der Waals surface area contributed by atoms with Crippen molar-refractivity contribution in [2.75, 3.05) is 13.2 Å². The normalized spacial score (nSPS) is 12.2. The van der Waals surface area contributed by atoms with Crippen LogP contribution in [0.5, 0.6) is 0 Å². The molecule has 0 spiro atoms. The molecule has 0 bridgehead atoms. The Morgan fingerprint density at radius 1 is 0.247 bits per heavy atom. The van der Waals surface area contributed by atoms with E-state index in [1.54, 1.807) is 0 Å². The van der Waals surface area contributed by atoms with E-state index in [0.717, 1.165) is 64.2 Å². The molecule has 6 heteroatoms. The van der Waals surface area contributed by atoms with Gasteiger partial charge in [0.1, 0.15) is 13.2 Å². The molecule has 0 fully saturated rings. The van der Waals surface area contributed by atoms with Gasteiger partial charge in [-0.05, 0) is 96.3 Å². The third-order valence-electron chi connectivity index (χ3n) is 15.6. The molecule has 0 radical (unpaired) electrons. The number of rotatable bonds is 64. The quantitative estimate of drug-likeness (QED) is 0.0261. The van der Waals surface area contributed by atoms with Gasteiger partial charge in [0.15, 0.2) is 6.10 Å². The lowest BCUT2D eigenvalue weighted by atomic mass is 10.0. The monoisotopic (exact) mass is 1080 g/mol. The van der Waals surface area contributed by atoms with Crippen molar-refractivity contribution in [2.24, 2.45) is 0 Å². The van der Waals surface area contributed by atoms with Gasteiger partial charge >= 0.3 is 17.9 Å². The number of unbranched alkanes of at least 4 members (excludes halogenated alkanes) is 47. The van der Waals surface area contributed by atoms with Crippen molar-refractivity contribution in [3.05, 3.63) is 36.5 Å². The number of allylic oxidation sites excluding steroid dienone is 6. The second-order valence-corrected chi connectivity index (χ2v) is 23.4. The summed E-state index contributed by atoms with van der Waals surface area (Å²) >= 11 is 0. The van der Waals surface area contributed by atoms with Crippen LogP contribution >= 0.6 is 0 Å². The molecule has 0 aromatic rings. The summed E-state index contributed by atoms with van der Waals surface area (Å²) in [5.41, 5.74) is 0. The maximum absolute atomic E-state index is 12.9. The molecular formula is C71H132O6. The van der Waals surface area contributed by atoms with Crippen LogP contribution in [0.15, 0.2) is 36.5 Å². The molecule has 0 heterocycles. The lowest BCUT2D eigenvalue weighted by molar-refractivity contribution is -0.167. The lowest BCUT2D eigenvalue weighted by Gasteiger charge is -2.18. The molecule has 0 aliphatic rings. The molecule has 6 nitrogen and oxygen atoms in total. The van der Waals surface area contributed by atoms with Crippen LogP contribution in [-0.2, 0) is 28.6 Å². The molecule has 0 aromatic heterocycles. The van der Waals surface area contributed by atoms with Gasteiger partial charge in [0.25, 0.3) is 0 Å². The molecule has 0 aliphatic carbocycles. The molecule has 0 N–H and O–H groups in total. The predicted octanol–water partition coefficient (Wildman–Crippen LogP) is 23.6. The van der Waals surface area contributed by atoms with Gasteiger partial charge in [-0.15, -0.1) is 0 Å². The van der Waals surface area contributed by atoms with Gasteiger partial charge in [0.2, 0.25) is 0 Å². The third-order valence-corrected chi connectivity index (χ3v) is 15.6. The number of carbonyl (C=O) groups excluding carboxylic acids is 3. The number of ether oxygens (including phenoxy) is 3. The van der Waals surface area contributed by atoms with E-state index in [2.05, 4.69) is 57.2 Å². The summed E-state index contributed by atoms with van der Waals surface area (Å²) < 4.78 is 17.0. The summed E-state index contributed by atoms with van der Waals surface area (Å²) in [6.45, 7) is 6.68. The van der Waals surface area contributed by atoms with Gasteiger partial charge in [0, 0.05) is 19.3 Å². The number of hydrogen-bond donors (Lipinski definition) is 0. The molecule has 1 atom stereocenters. The SMILES string of the molecule is CCCCCCC/C=C\CCCCCCCC(=O)OCC(COC(=O)CCCCCCCCCCCCCCCCC/C=C\CCCCCCCCCC)OC(=O)CCCCCCCCC/C=C\CCCCCCCCC. The van der Waals surface area contributed by atoms with Crippen LogP contribution in [0, 0.1) is 0 Å². The van der Waals surface area contributed by atoms with Crippen LogP contribution in [0.3, 0.4) is 0 Å². The maximum atomic E-state index is 12.9. The molecule has 0 rings (SSSR count). The first-order valence-electron chi connectivity index (χ1n) is 34.5. The minimum atomic E-state index is -0.777. The Labute approximate surface area is 480 Å². The van der Waals surface area contributed by atoms with Crippen LogP contribution < -0.4 is 0 Å². The maximum Gasteiger partial charge on any atom is 0.306 e. The fourth-order valence-electron chi connectivity index (χ4n) is 10.4. The summed E-state index contributed by atoms with van der Waals surface area (Å²) in [5, 5.41) is 0. The van der Waals surface area contributed by atoms with Gasteiger partial charge in [-0.3, -0.25) is 14.4 Å². The van der Waals surface area contributed by atoms with Crippen LogP contribution in [0.25, 0.3) is 0 Å². The fraction of sp³-hybridized carbons (Fsp3) is 0.873. The van der Waals surface area contributed by atoms with E-state index in [1.165, 1.54) is 276 Å². The second-order valence-electron chi connectivity index (χ2n) is 23.4. The molecule has 452 valence electrons. The summed E-state index contributed by atoms with van der Waals surface area (Å²) in [7, 11) is 0. The highest BCUT2D eigenvalue weighted by atomic mass is 16.6. The average Bonchev–Trinajstić information content (AvgIpc) is 3.43. The van der Waals surface area contributed by atoms with Crippen LogP contribution in [0.1, 0.15) is 380 Å². The van der Waals surface area contributed by atoms with Gasteiger partial charge in [0.05, 0.1) is 0 Å². The number of hydrogen-bond acceptors (Lipinski definition) is 6. The summed E-state index contributed by atoms with van der Waals surface area (Å²) in [4.78, 5) is 38.4. The Kier molecular flexibility index (Phi) is 64.1. The van der Waals surface area contributed by atoms with E-state index < -0.39 is 6.10 Å². The first kappa shape index (κ1) is 74.6. The number of esters is 3. The van der Waals surface area contributed by atoms with Crippen molar-refractivity contribution < 1.29 is 28.6 Å². The van der Waals surface area contributed by atoms with Gasteiger partial charge in [-0.1, -0.05) is 301 Å². The van der Waals surface area contributed by atoms with Crippen molar-refractivity contribution in [2.45, 2.75) is 386 Å². The Morgan fingerprint density at radius 2 is 0.429 bits per heavy atom. The van der Waals surface area contributed by atoms with E-state index in [-0.39, 0.29) is 31.1 Å². The minimum Gasteiger partial charge on any atom is -0.462 e. The van der Waals surface area contributed by atoms with Crippen LogP contribution in [-0.4, -0.2) is 37.2 Å². The predicted molar refractivity (Wildman–Crippen MR) is 335 cm³/mol. The molecule has 0 saturated carbocycles. The summed E-state index contributed by atoms with van der Waals surface area (Å²) in [6, 6.07) is 0. The Hall–Kier alpha value is -2.37. The second kappa shape index (κ2) is 66.1. The smallest absolute Gasteiger partial charge is 0.306 e. The topological polar surface area (TPSA) is 78.9 Å². The lowest BCUT2D eigenvalue weighted by Crippen LogP contribution is -2.30. The largest absolute Gasteiger partial charge is 0.462 e. The minimum absolute atomic E-state index is 0.0726. The molecule has 0 aliphatic heterocycles. The van der Waals surface area contributed by atoms with Crippen molar-refractivity contribution in [1.82, 2.24) is 0 Å². The van der Waals surface area contributed by atoms with Crippen molar-refractivity contribution >= 4 is 17.9 Å². The highest BCUT2D eigenvalue weighted by molar-refractivity contribution is 5.71. The van der Waals surface area contributed by atoms with Crippen LogP contribution in [0.2, 0.25) is 0 Å². The summed E-state index contributed by atoms with van der Waals surface area (Å²) in [5.74, 6) is -0.861. The van der Waals surface area contributed by atoms with E-state index in [0.29, 0.717) is 19.3 Å². The highest BCUT2D eigenvalue weighted by Crippen LogP contribution is 2.18. The molecule has 0 amide bonds. The molecule has 77 heavy (non-hydrogen) atoms. The standard InChI is InChI=1S/C71H132O6/c1-4-7-10-13-16-19-22-25-28-30-32-33-34-35-36-37-38-39-40-42-43-46-49-52-55-58-61-64-70(73)76-67-68(66-75-69(72)63-60-57-54-51-48-45-27-24-21-18-15-12-9-6-3)77-71(74)65-62-59-56-53-50-47-44-41-31-29-26-23-20-17-14-11-8-5-2/h24,27,29-32,68H,4-23,25-26,28,33-67H2,1-3H3/b27-24-,31-29-,32-30-. The summed E-state index contributed by atoms with van der Waals surface area (Å²) in [6.07, 6.45) is 81.7. The molecule has 0 aromatic carbocycles. The van der Waals surface area contributed by atoms with Crippen LogP contribution in [0.4, 0.5) is 0 Å². The zero-order valence-electron chi connectivity index (χ0n) is 52.0. The molecular weight excluding hydrogens is 949 g/mol. The zero-order valence-corrected chi connectivity index (χ0v) is 52.0. The van der Waals surface area contributed by atoms with Crippen molar-refractivity contribution in [3.63, 3.8) is 0 Å². The Balaban J connectivity index is 4.23. The first-order valence-corrected chi connectivity index (χ1v) is 34.5. The van der Waals surface area contributed by atoms with Crippen molar-refractivity contribution in [3.8, 4) is 0 Å². The third kappa shape index (κ3) is 64.3. The van der Waals surface area contributed by atoms with Crippen molar-refractivity contribution in [1.29, 1.82) is 0 Å². The van der Waals surface area contributed by atoms with E-state index >= 15 is 0 Å². The van der Waals surface area contributed by atoms with E-state index in [1.807, 2.05) is 0 Å². The average molecular weight is 1080 g/mol. The molecule has 1 unspecified atom stereocenters. The van der Waals surface area contributed by atoms with E-state index in [9.17, 15) is 14.4 Å². The highest BCUT2D eigenvalue weighted by Gasteiger charge is 2.19. The number of carbonyl (C=O) groups is 3. The Morgan fingerprint density at radius 3 is 0.649 bits per heavy atom. The fourth-order valence-corrected chi connectivity index (χ4v) is 10.4. The van der Waals surface area contributed by atoms with Gasteiger partial charge < -0.3 is 14.2 Å². The van der Waals surface area contributed by atoms with Gasteiger partial charge in [-0.25, -0.2) is 0 Å². The molecule has 0 saturated heterocycles. The Bertz CT molecular complexity index is 1290. The van der Waals surface area contributed by atoms with E-state index in [4.69, 9.17) is 14.2 Å². The van der Waals surface area contributed by atoms with Gasteiger partial charge in [-0.2, -0.15) is 0 Å².